The van der Waals surface area contributed by atoms with Crippen LogP contribution in [0.1, 0.15) is 10.4 Å². The van der Waals surface area contributed by atoms with Gasteiger partial charge in [-0.1, -0.05) is 6.07 Å². The molecule has 2 rings (SSSR count). The number of halogens is 2. The van der Waals surface area contributed by atoms with Crippen LogP contribution in [0, 0.1) is 5.82 Å². The normalized spacial score (nSPS) is 10.1. The molecule has 0 aliphatic carbocycles. The molecule has 0 saturated heterocycles. The van der Waals surface area contributed by atoms with Gasteiger partial charge in [0, 0.05) is 16.9 Å². The van der Waals surface area contributed by atoms with Gasteiger partial charge < -0.3 is 11.1 Å². The fourth-order valence-electron chi connectivity index (χ4n) is 1.46. The van der Waals surface area contributed by atoms with Gasteiger partial charge in [0.05, 0.1) is 4.47 Å². The number of hydrogen-bond donors (Lipinski definition) is 2. The molecule has 0 aliphatic heterocycles. The van der Waals surface area contributed by atoms with E-state index in [0.29, 0.717) is 16.9 Å². The lowest BCUT2D eigenvalue weighted by molar-refractivity contribution is 0.102. The number of anilines is 2. The molecule has 0 atom stereocenters. The summed E-state index contributed by atoms with van der Waals surface area (Å²) in [5.41, 5.74) is 7.14. The quantitative estimate of drug-likeness (QED) is 0.835. The van der Waals surface area contributed by atoms with Crippen molar-refractivity contribution in [2.45, 2.75) is 0 Å². The second kappa shape index (κ2) is 5.18. The maximum absolute atomic E-state index is 13.0. The molecule has 18 heavy (non-hydrogen) atoms. The van der Waals surface area contributed by atoms with Crippen LogP contribution < -0.4 is 11.1 Å². The van der Waals surface area contributed by atoms with E-state index in [1.165, 1.54) is 18.2 Å². The zero-order valence-corrected chi connectivity index (χ0v) is 10.9. The number of benzene rings is 2. The highest BCUT2D eigenvalue weighted by atomic mass is 79.9. The van der Waals surface area contributed by atoms with E-state index < -0.39 is 5.82 Å². The Morgan fingerprint density at radius 1 is 1.22 bits per heavy atom. The third-order valence-corrected chi connectivity index (χ3v) is 2.93. The van der Waals surface area contributed by atoms with Crippen molar-refractivity contribution < 1.29 is 9.18 Å². The number of nitrogens with two attached hydrogens (primary N) is 1. The molecule has 2 aromatic carbocycles. The van der Waals surface area contributed by atoms with Crippen molar-refractivity contribution in [3.8, 4) is 0 Å². The smallest absolute Gasteiger partial charge is 0.255 e. The van der Waals surface area contributed by atoms with Gasteiger partial charge in [0.25, 0.3) is 5.91 Å². The van der Waals surface area contributed by atoms with Gasteiger partial charge in [0.15, 0.2) is 0 Å². The molecule has 0 aromatic heterocycles. The molecule has 0 heterocycles. The summed E-state index contributed by atoms with van der Waals surface area (Å²) in [6, 6.07) is 10.9. The monoisotopic (exact) mass is 308 g/mol. The summed E-state index contributed by atoms with van der Waals surface area (Å²) in [4.78, 5) is 11.9. The lowest BCUT2D eigenvalue weighted by Gasteiger charge is -2.06. The van der Waals surface area contributed by atoms with Crippen molar-refractivity contribution in [1.82, 2.24) is 0 Å². The Balaban J connectivity index is 2.19. The van der Waals surface area contributed by atoms with Gasteiger partial charge >= 0.3 is 0 Å². The first-order valence-corrected chi connectivity index (χ1v) is 5.97. The third kappa shape index (κ3) is 2.87. The minimum absolute atomic E-state index is 0.253. The predicted octanol–water partition coefficient (Wildman–Crippen LogP) is 3.42. The predicted molar refractivity (Wildman–Crippen MR) is 72.9 cm³/mol. The molecule has 92 valence electrons. The highest BCUT2D eigenvalue weighted by molar-refractivity contribution is 9.10. The van der Waals surface area contributed by atoms with Crippen LogP contribution in [0.3, 0.4) is 0 Å². The van der Waals surface area contributed by atoms with E-state index in [4.69, 9.17) is 5.73 Å². The lowest BCUT2D eigenvalue weighted by Crippen LogP contribution is -2.12. The second-order valence-electron chi connectivity index (χ2n) is 3.71. The summed E-state index contributed by atoms with van der Waals surface area (Å²) in [5, 5.41) is 2.68. The first-order valence-electron chi connectivity index (χ1n) is 5.18. The van der Waals surface area contributed by atoms with E-state index >= 15 is 0 Å². The molecule has 0 unspecified atom stereocenters. The van der Waals surface area contributed by atoms with Crippen molar-refractivity contribution in [2.24, 2.45) is 0 Å². The molecule has 0 radical (unpaired) electrons. The Morgan fingerprint density at radius 3 is 2.67 bits per heavy atom. The molecule has 0 aliphatic rings. The number of amides is 1. The Bertz CT molecular complexity index is 601. The Labute approximate surface area is 112 Å². The van der Waals surface area contributed by atoms with Crippen LogP contribution in [-0.2, 0) is 0 Å². The average Bonchev–Trinajstić information content (AvgIpc) is 2.32. The molecule has 3 N–H and O–H groups in total. The minimum Gasteiger partial charge on any atom is -0.399 e. The molecule has 1 amide bonds. The zero-order valence-electron chi connectivity index (χ0n) is 9.28. The summed E-state index contributed by atoms with van der Waals surface area (Å²) in [7, 11) is 0. The highest BCUT2D eigenvalue weighted by Crippen LogP contribution is 2.18. The molecule has 0 bridgehead atoms. The SMILES string of the molecule is Nc1cccc(NC(=O)c2ccc(F)c(Br)c2)c1. The third-order valence-electron chi connectivity index (χ3n) is 2.33. The van der Waals surface area contributed by atoms with Gasteiger partial charge in [0.2, 0.25) is 0 Å². The Kier molecular flexibility index (Phi) is 3.62. The molecule has 0 spiro atoms. The minimum atomic E-state index is -0.407. The second-order valence-corrected chi connectivity index (χ2v) is 4.56. The number of carbonyl (C=O) groups excluding carboxylic acids is 1. The molecule has 5 heteroatoms. The summed E-state index contributed by atoms with van der Waals surface area (Å²) in [5.74, 6) is -0.725. The van der Waals surface area contributed by atoms with E-state index in [9.17, 15) is 9.18 Å². The van der Waals surface area contributed by atoms with E-state index in [0.717, 1.165) is 0 Å². The summed E-state index contributed by atoms with van der Waals surface area (Å²) in [6.07, 6.45) is 0. The van der Waals surface area contributed by atoms with E-state index in [2.05, 4.69) is 21.2 Å². The molecular weight excluding hydrogens is 299 g/mol. The number of carbonyl (C=O) groups is 1. The molecule has 0 fully saturated rings. The van der Waals surface area contributed by atoms with Crippen LogP contribution in [0.4, 0.5) is 15.8 Å². The molecule has 3 nitrogen and oxygen atoms in total. The lowest BCUT2D eigenvalue weighted by atomic mass is 10.2. The van der Waals surface area contributed by atoms with E-state index in [1.807, 2.05) is 0 Å². The standard InChI is InChI=1S/C13H10BrFN2O/c14-11-6-8(4-5-12(11)15)13(18)17-10-3-1-2-9(16)7-10/h1-7H,16H2,(H,17,18). The van der Waals surface area contributed by atoms with Crippen LogP contribution in [0.2, 0.25) is 0 Å². The van der Waals surface area contributed by atoms with Crippen molar-refractivity contribution in [3.05, 3.63) is 58.3 Å². The van der Waals surface area contributed by atoms with Gasteiger partial charge in [-0.15, -0.1) is 0 Å². The van der Waals surface area contributed by atoms with Gasteiger partial charge in [-0.25, -0.2) is 4.39 Å². The fourth-order valence-corrected chi connectivity index (χ4v) is 1.84. The number of nitrogen functional groups attached to an aromatic ring is 1. The average molecular weight is 309 g/mol. The van der Waals surface area contributed by atoms with Crippen LogP contribution in [-0.4, -0.2) is 5.91 Å². The van der Waals surface area contributed by atoms with Crippen LogP contribution in [0.15, 0.2) is 46.9 Å². The van der Waals surface area contributed by atoms with Crippen LogP contribution in [0.25, 0.3) is 0 Å². The van der Waals surface area contributed by atoms with Crippen molar-refractivity contribution in [2.75, 3.05) is 11.1 Å². The first-order chi connectivity index (χ1) is 8.56. The van der Waals surface area contributed by atoms with Crippen LogP contribution in [0.5, 0.6) is 0 Å². The van der Waals surface area contributed by atoms with Gasteiger partial charge in [-0.2, -0.15) is 0 Å². The van der Waals surface area contributed by atoms with Gasteiger partial charge in [-0.05, 0) is 52.3 Å². The zero-order chi connectivity index (χ0) is 13.1. The highest BCUT2D eigenvalue weighted by Gasteiger charge is 2.08. The number of hydrogen-bond acceptors (Lipinski definition) is 2. The fraction of sp³-hybridized carbons (Fsp3) is 0. The van der Waals surface area contributed by atoms with Crippen LogP contribution >= 0.6 is 15.9 Å². The maximum atomic E-state index is 13.0. The number of rotatable bonds is 2. The Hall–Kier alpha value is -1.88. The van der Waals surface area contributed by atoms with Crippen molar-refractivity contribution in [3.63, 3.8) is 0 Å². The van der Waals surface area contributed by atoms with Gasteiger partial charge in [-0.3, -0.25) is 4.79 Å². The number of nitrogens with one attached hydrogen (secondary N) is 1. The first kappa shape index (κ1) is 12.6. The summed E-state index contributed by atoms with van der Waals surface area (Å²) in [6.45, 7) is 0. The molecular formula is C13H10BrFN2O. The maximum Gasteiger partial charge on any atom is 0.255 e. The van der Waals surface area contributed by atoms with Gasteiger partial charge in [0.1, 0.15) is 5.82 Å². The van der Waals surface area contributed by atoms with E-state index in [-0.39, 0.29) is 10.4 Å². The summed E-state index contributed by atoms with van der Waals surface area (Å²) >= 11 is 3.04. The Morgan fingerprint density at radius 2 is 2.00 bits per heavy atom. The molecule has 2 aromatic rings. The largest absolute Gasteiger partial charge is 0.399 e. The van der Waals surface area contributed by atoms with Crippen molar-refractivity contribution in [1.29, 1.82) is 0 Å². The van der Waals surface area contributed by atoms with E-state index in [1.54, 1.807) is 24.3 Å². The topological polar surface area (TPSA) is 55.1 Å². The molecule has 0 saturated carbocycles. The van der Waals surface area contributed by atoms with Crippen molar-refractivity contribution >= 4 is 33.2 Å². The summed E-state index contributed by atoms with van der Waals surface area (Å²) < 4.78 is 13.3.